The van der Waals surface area contributed by atoms with Crippen molar-refractivity contribution < 1.29 is 28.6 Å². The number of pyridine rings is 1. The number of carbonyl (C=O) groups excluding carboxylic acids is 3. The summed E-state index contributed by atoms with van der Waals surface area (Å²) in [5.41, 5.74) is 7.27. The van der Waals surface area contributed by atoms with Gasteiger partial charge in [0.1, 0.15) is 23.8 Å². The highest BCUT2D eigenvalue weighted by Gasteiger charge is 2.37. The third-order valence-electron chi connectivity index (χ3n) is 6.06. The van der Waals surface area contributed by atoms with E-state index in [-0.39, 0.29) is 30.9 Å². The number of hydrogen-bond donors (Lipinski definition) is 2. The first-order valence-corrected chi connectivity index (χ1v) is 12.7. The lowest BCUT2D eigenvalue weighted by atomic mass is 10.1. The summed E-state index contributed by atoms with van der Waals surface area (Å²) in [6, 6.07) is 7.91. The largest absolute Gasteiger partial charge is 0.468 e. The second-order valence-electron chi connectivity index (χ2n) is 10.2. The summed E-state index contributed by atoms with van der Waals surface area (Å²) in [4.78, 5) is 53.8. The molecule has 4 rings (SSSR count). The maximum absolute atomic E-state index is 13.3. The molecule has 1 fully saturated rings. The Morgan fingerprint density at radius 1 is 1.12 bits per heavy atom. The highest BCUT2D eigenvalue weighted by atomic mass is 16.6. The zero-order valence-corrected chi connectivity index (χ0v) is 22.9. The first-order chi connectivity index (χ1) is 19.0. The molecule has 3 N–H and O–H groups in total. The molecule has 0 aliphatic carbocycles. The quantitative estimate of drug-likeness (QED) is 0.424. The highest BCUT2D eigenvalue weighted by molar-refractivity contribution is 5.90. The standard InChI is InChI=1S/C27H33N7O6/c1-27(2,3)40-26(37)32-18-6-8-22(29-12-18)39-15-23(35)34-10-9-33(25(36)21(34)14-38-4)13-17-5-7-19-20(11-17)30-16-31-24(19)28/h5-8,11-12,16,21H,9-10,13-15H2,1-4H3,(H,32,37)(H2,28,30,31). The smallest absolute Gasteiger partial charge is 0.412 e. The van der Waals surface area contributed by atoms with Gasteiger partial charge in [0.05, 0.1) is 24.0 Å². The fraction of sp³-hybridized carbons (Fsp3) is 0.407. The molecule has 1 atom stereocenters. The Morgan fingerprint density at radius 2 is 1.93 bits per heavy atom. The van der Waals surface area contributed by atoms with Crippen molar-refractivity contribution in [3.05, 3.63) is 48.4 Å². The van der Waals surface area contributed by atoms with Gasteiger partial charge in [0.15, 0.2) is 6.61 Å². The zero-order chi connectivity index (χ0) is 28.9. The number of nitrogens with one attached hydrogen (secondary N) is 1. The van der Waals surface area contributed by atoms with Gasteiger partial charge in [-0.3, -0.25) is 14.9 Å². The van der Waals surface area contributed by atoms with Crippen LogP contribution >= 0.6 is 0 Å². The number of ether oxygens (including phenoxy) is 3. The predicted octanol–water partition coefficient (Wildman–Crippen LogP) is 2.22. The summed E-state index contributed by atoms with van der Waals surface area (Å²) in [5, 5.41) is 3.32. The molecular weight excluding hydrogens is 518 g/mol. The van der Waals surface area contributed by atoms with Gasteiger partial charge < -0.3 is 29.7 Å². The molecule has 1 saturated heterocycles. The van der Waals surface area contributed by atoms with E-state index >= 15 is 0 Å². The van der Waals surface area contributed by atoms with Gasteiger partial charge in [-0.15, -0.1) is 0 Å². The maximum atomic E-state index is 13.3. The predicted molar refractivity (Wildman–Crippen MR) is 146 cm³/mol. The Hall–Kier alpha value is -4.52. The molecule has 0 radical (unpaired) electrons. The van der Waals surface area contributed by atoms with E-state index in [1.165, 1.54) is 30.6 Å². The van der Waals surface area contributed by atoms with Gasteiger partial charge in [0, 0.05) is 38.2 Å². The van der Waals surface area contributed by atoms with E-state index in [1.807, 2.05) is 18.2 Å². The molecular formula is C27H33N7O6. The minimum atomic E-state index is -0.790. The molecule has 3 heterocycles. The second kappa shape index (κ2) is 12.1. The third kappa shape index (κ3) is 7.11. The second-order valence-corrected chi connectivity index (χ2v) is 10.2. The van der Waals surface area contributed by atoms with Crippen molar-refractivity contribution in [2.45, 2.75) is 39.0 Å². The average molecular weight is 552 g/mol. The number of carbonyl (C=O) groups is 3. The molecule has 0 spiro atoms. The summed E-state index contributed by atoms with van der Waals surface area (Å²) in [7, 11) is 1.48. The SMILES string of the molecule is COCC1C(=O)N(Cc2ccc3c(N)ncnc3c2)CCN1C(=O)COc1ccc(NC(=O)OC(C)(C)C)cn1. The molecule has 13 nitrogen and oxygen atoms in total. The van der Waals surface area contributed by atoms with Crippen LogP contribution in [0.25, 0.3) is 10.9 Å². The number of amides is 3. The van der Waals surface area contributed by atoms with Crippen LogP contribution in [0, 0.1) is 0 Å². The third-order valence-corrected chi connectivity index (χ3v) is 6.06. The van der Waals surface area contributed by atoms with E-state index in [0.717, 1.165) is 10.9 Å². The number of fused-ring (bicyclic) bond motifs is 1. The molecule has 3 aromatic rings. The minimum Gasteiger partial charge on any atom is -0.468 e. The van der Waals surface area contributed by atoms with Crippen molar-refractivity contribution in [3.8, 4) is 5.88 Å². The molecule has 0 saturated carbocycles. The van der Waals surface area contributed by atoms with Crippen LogP contribution < -0.4 is 15.8 Å². The molecule has 13 heteroatoms. The van der Waals surface area contributed by atoms with Crippen LogP contribution in [0.15, 0.2) is 42.9 Å². The van der Waals surface area contributed by atoms with Crippen LogP contribution in [0.1, 0.15) is 26.3 Å². The molecule has 1 unspecified atom stereocenters. The number of piperazine rings is 1. The number of nitrogen functional groups attached to an aromatic ring is 1. The Labute approximate surface area is 231 Å². The Morgan fingerprint density at radius 3 is 2.62 bits per heavy atom. The molecule has 1 aliphatic rings. The van der Waals surface area contributed by atoms with Gasteiger partial charge in [-0.1, -0.05) is 6.07 Å². The fourth-order valence-electron chi connectivity index (χ4n) is 4.24. The number of nitrogens with zero attached hydrogens (tertiary/aromatic N) is 5. The molecule has 1 aliphatic heterocycles. The topological polar surface area (TPSA) is 162 Å². The van der Waals surface area contributed by atoms with Crippen molar-refractivity contribution in [3.63, 3.8) is 0 Å². The lowest BCUT2D eigenvalue weighted by molar-refractivity contribution is -0.155. The van der Waals surface area contributed by atoms with Gasteiger partial charge >= 0.3 is 6.09 Å². The first kappa shape index (κ1) is 28.5. The number of rotatable bonds is 8. The van der Waals surface area contributed by atoms with Crippen LogP contribution in [-0.2, 0) is 25.6 Å². The van der Waals surface area contributed by atoms with E-state index in [2.05, 4.69) is 20.3 Å². The highest BCUT2D eigenvalue weighted by Crippen LogP contribution is 2.21. The summed E-state index contributed by atoms with van der Waals surface area (Å²) in [6.07, 6.45) is 2.19. The Balaban J connectivity index is 1.34. The number of nitrogens with two attached hydrogens (primary N) is 1. The number of hydrogen-bond acceptors (Lipinski definition) is 10. The molecule has 1 aromatic carbocycles. The Bertz CT molecular complexity index is 1380. The van der Waals surface area contributed by atoms with Gasteiger partial charge in [-0.25, -0.2) is 19.7 Å². The first-order valence-electron chi connectivity index (χ1n) is 12.7. The lowest BCUT2D eigenvalue weighted by Crippen LogP contribution is -2.60. The van der Waals surface area contributed by atoms with Crippen LogP contribution in [0.5, 0.6) is 5.88 Å². The van der Waals surface area contributed by atoms with E-state index in [9.17, 15) is 14.4 Å². The zero-order valence-electron chi connectivity index (χ0n) is 22.9. The normalized spacial score (nSPS) is 15.7. The number of anilines is 2. The number of aromatic nitrogens is 3. The fourth-order valence-corrected chi connectivity index (χ4v) is 4.24. The van der Waals surface area contributed by atoms with Crippen molar-refractivity contribution in [1.82, 2.24) is 24.8 Å². The van der Waals surface area contributed by atoms with Crippen molar-refractivity contribution >= 4 is 40.3 Å². The molecule has 3 amide bonds. The lowest BCUT2D eigenvalue weighted by Gasteiger charge is -2.40. The molecule has 212 valence electrons. The van der Waals surface area contributed by atoms with Gasteiger partial charge in [-0.05, 0) is 44.5 Å². The van der Waals surface area contributed by atoms with Gasteiger partial charge in [-0.2, -0.15) is 0 Å². The van der Waals surface area contributed by atoms with Gasteiger partial charge in [0.2, 0.25) is 11.8 Å². The van der Waals surface area contributed by atoms with Crippen LogP contribution in [-0.4, -0.2) is 87.7 Å². The summed E-state index contributed by atoms with van der Waals surface area (Å²) < 4.78 is 16.0. The van der Waals surface area contributed by atoms with Crippen LogP contribution in [0.3, 0.4) is 0 Å². The monoisotopic (exact) mass is 551 g/mol. The molecule has 40 heavy (non-hydrogen) atoms. The summed E-state index contributed by atoms with van der Waals surface area (Å²) in [5.74, 6) is -0.00652. The number of methoxy groups -OCH3 is 1. The number of benzene rings is 1. The van der Waals surface area contributed by atoms with Crippen molar-refractivity contribution in [2.24, 2.45) is 0 Å². The maximum Gasteiger partial charge on any atom is 0.412 e. The van der Waals surface area contributed by atoms with E-state index < -0.39 is 17.7 Å². The van der Waals surface area contributed by atoms with Crippen LogP contribution in [0.4, 0.5) is 16.3 Å². The van der Waals surface area contributed by atoms with E-state index in [4.69, 9.17) is 19.9 Å². The average Bonchev–Trinajstić information content (AvgIpc) is 2.89. The molecule has 0 bridgehead atoms. The van der Waals surface area contributed by atoms with Crippen molar-refractivity contribution in [2.75, 3.05) is 44.5 Å². The summed E-state index contributed by atoms with van der Waals surface area (Å²) >= 11 is 0. The van der Waals surface area contributed by atoms with Crippen LogP contribution in [0.2, 0.25) is 0 Å². The molecule has 2 aromatic heterocycles. The summed E-state index contributed by atoms with van der Waals surface area (Å²) in [6.45, 7) is 6.04. The van der Waals surface area contributed by atoms with E-state index in [1.54, 1.807) is 31.7 Å². The van der Waals surface area contributed by atoms with Gasteiger partial charge in [0.25, 0.3) is 5.91 Å². The Kier molecular flexibility index (Phi) is 8.63. The van der Waals surface area contributed by atoms with Crippen molar-refractivity contribution in [1.29, 1.82) is 0 Å². The minimum absolute atomic E-state index is 0.0475. The van der Waals surface area contributed by atoms with E-state index in [0.29, 0.717) is 36.7 Å².